The van der Waals surface area contributed by atoms with Gasteiger partial charge in [0.15, 0.2) is 0 Å². The number of hydrogen-bond acceptors (Lipinski definition) is 5. The van der Waals surface area contributed by atoms with Crippen LogP contribution in [0.25, 0.3) is 11.1 Å². The molecule has 7 heteroatoms. The fourth-order valence-corrected chi connectivity index (χ4v) is 6.15. The topological polar surface area (TPSA) is 59.1 Å². The van der Waals surface area contributed by atoms with Crippen LogP contribution in [-0.2, 0) is 14.8 Å². The van der Waals surface area contributed by atoms with Crippen molar-refractivity contribution in [3.05, 3.63) is 48.5 Å². The van der Waals surface area contributed by atoms with Crippen molar-refractivity contribution < 1.29 is 17.9 Å². The predicted octanol–water partition coefficient (Wildman–Crippen LogP) is 3.63. The van der Waals surface area contributed by atoms with E-state index in [4.69, 9.17) is 9.47 Å². The summed E-state index contributed by atoms with van der Waals surface area (Å²) >= 11 is 0. The molecular formula is C24H32N2O4S. The lowest BCUT2D eigenvalue weighted by Gasteiger charge is -2.41. The van der Waals surface area contributed by atoms with E-state index in [2.05, 4.69) is 4.90 Å². The van der Waals surface area contributed by atoms with Crippen LogP contribution < -0.4 is 4.74 Å². The van der Waals surface area contributed by atoms with Crippen LogP contribution in [0.15, 0.2) is 53.4 Å². The van der Waals surface area contributed by atoms with Crippen LogP contribution in [0.1, 0.15) is 25.7 Å². The van der Waals surface area contributed by atoms with Crippen LogP contribution in [0.3, 0.4) is 0 Å². The number of methoxy groups -OCH3 is 2. The van der Waals surface area contributed by atoms with Crippen molar-refractivity contribution in [2.24, 2.45) is 0 Å². The van der Waals surface area contributed by atoms with Gasteiger partial charge in [-0.1, -0.05) is 24.3 Å². The highest BCUT2D eigenvalue weighted by Crippen LogP contribution is 2.28. The Morgan fingerprint density at radius 1 is 0.774 bits per heavy atom. The Balaban J connectivity index is 1.37. The van der Waals surface area contributed by atoms with E-state index >= 15 is 0 Å². The van der Waals surface area contributed by atoms with Crippen molar-refractivity contribution in [2.75, 3.05) is 40.4 Å². The molecule has 6 nitrogen and oxygen atoms in total. The van der Waals surface area contributed by atoms with Gasteiger partial charge in [-0.25, -0.2) is 8.42 Å². The fraction of sp³-hybridized carbons (Fsp3) is 0.500. The van der Waals surface area contributed by atoms with Crippen molar-refractivity contribution in [3.8, 4) is 16.9 Å². The van der Waals surface area contributed by atoms with Gasteiger partial charge in [0.05, 0.1) is 18.1 Å². The van der Waals surface area contributed by atoms with Crippen LogP contribution in [-0.4, -0.2) is 70.2 Å². The van der Waals surface area contributed by atoms with Crippen molar-refractivity contribution in [2.45, 2.75) is 42.7 Å². The first kappa shape index (κ1) is 22.3. The quantitative estimate of drug-likeness (QED) is 0.681. The molecule has 2 fully saturated rings. The molecule has 0 aliphatic carbocycles. The van der Waals surface area contributed by atoms with Crippen molar-refractivity contribution in [1.29, 1.82) is 0 Å². The minimum absolute atomic E-state index is 0.365. The van der Waals surface area contributed by atoms with Gasteiger partial charge in [-0.2, -0.15) is 4.31 Å². The Kier molecular flexibility index (Phi) is 6.96. The van der Waals surface area contributed by atoms with E-state index in [-0.39, 0.29) is 0 Å². The Labute approximate surface area is 185 Å². The van der Waals surface area contributed by atoms with Crippen molar-refractivity contribution in [1.82, 2.24) is 9.21 Å². The summed E-state index contributed by atoms with van der Waals surface area (Å²) in [5, 5.41) is 0. The molecule has 31 heavy (non-hydrogen) atoms. The Hall–Kier alpha value is -1.93. The van der Waals surface area contributed by atoms with E-state index in [1.165, 1.54) is 0 Å². The number of piperidine rings is 2. The molecule has 0 radical (unpaired) electrons. The molecule has 0 amide bonds. The molecular weight excluding hydrogens is 412 g/mol. The third kappa shape index (κ3) is 4.95. The summed E-state index contributed by atoms with van der Waals surface area (Å²) in [4.78, 5) is 2.88. The largest absolute Gasteiger partial charge is 0.497 e. The molecule has 2 aromatic carbocycles. The number of sulfonamides is 1. The van der Waals surface area contributed by atoms with E-state index in [1.54, 1.807) is 30.7 Å². The molecule has 0 N–H and O–H groups in total. The van der Waals surface area contributed by atoms with Gasteiger partial charge >= 0.3 is 0 Å². The number of rotatable bonds is 6. The first-order valence-electron chi connectivity index (χ1n) is 11.0. The van der Waals surface area contributed by atoms with E-state index in [9.17, 15) is 8.42 Å². The fourth-order valence-electron chi connectivity index (χ4n) is 4.68. The third-order valence-electron chi connectivity index (χ3n) is 6.67. The van der Waals surface area contributed by atoms with Crippen LogP contribution in [0, 0.1) is 0 Å². The summed E-state index contributed by atoms with van der Waals surface area (Å²) in [7, 11) is -0.0392. The lowest BCUT2D eigenvalue weighted by molar-refractivity contribution is 0.0190. The lowest BCUT2D eigenvalue weighted by atomic mass is 10.00. The smallest absolute Gasteiger partial charge is 0.243 e. The van der Waals surface area contributed by atoms with E-state index in [0.29, 0.717) is 30.1 Å². The molecule has 0 atom stereocenters. The second-order valence-electron chi connectivity index (χ2n) is 8.36. The summed E-state index contributed by atoms with van der Waals surface area (Å²) in [6, 6.07) is 15.4. The van der Waals surface area contributed by atoms with Crippen LogP contribution >= 0.6 is 0 Å². The number of ether oxygens (including phenoxy) is 2. The molecule has 0 spiro atoms. The number of benzene rings is 2. The summed E-state index contributed by atoms with van der Waals surface area (Å²) in [6.07, 6.45) is 4.28. The van der Waals surface area contributed by atoms with Gasteiger partial charge in [0.1, 0.15) is 5.75 Å². The molecule has 168 valence electrons. The van der Waals surface area contributed by atoms with Crippen LogP contribution in [0.2, 0.25) is 0 Å². The average Bonchev–Trinajstić information content (AvgIpc) is 2.84. The zero-order valence-corrected chi connectivity index (χ0v) is 19.2. The monoisotopic (exact) mass is 444 g/mol. The molecule has 0 unspecified atom stereocenters. The summed E-state index contributed by atoms with van der Waals surface area (Å²) < 4.78 is 38.6. The molecule has 0 saturated carbocycles. The molecule has 2 aliphatic heterocycles. The van der Waals surface area contributed by atoms with Crippen LogP contribution in [0.5, 0.6) is 5.75 Å². The molecule has 2 saturated heterocycles. The van der Waals surface area contributed by atoms with Gasteiger partial charge in [0, 0.05) is 39.3 Å². The van der Waals surface area contributed by atoms with Gasteiger partial charge in [-0.15, -0.1) is 0 Å². The predicted molar refractivity (Wildman–Crippen MR) is 122 cm³/mol. The van der Waals surface area contributed by atoms with Crippen molar-refractivity contribution >= 4 is 10.0 Å². The second kappa shape index (κ2) is 9.69. The molecule has 4 rings (SSSR count). The molecule has 2 heterocycles. The van der Waals surface area contributed by atoms with Gasteiger partial charge in [-0.3, -0.25) is 0 Å². The Bertz CT molecular complexity index is 944. The van der Waals surface area contributed by atoms with E-state index in [0.717, 1.165) is 55.6 Å². The summed E-state index contributed by atoms with van der Waals surface area (Å²) in [5.74, 6) is 0.800. The Morgan fingerprint density at radius 3 is 1.84 bits per heavy atom. The first-order valence-corrected chi connectivity index (χ1v) is 12.5. The number of likely N-dealkylation sites (tertiary alicyclic amines) is 1. The highest BCUT2D eigenvalue weighted by molar-refractivity contribution is 7.89. The van der Waals surface area contributed by atoms with Crippen molar-refractivity contribution in [3.63, 3.8) is 0 Å². The zero-order chi connectivity index (χ0) is 21.8. The number of nitrogens with zero attached hydrogens (tertiary/aromatic N) is 2. The van der Waals surface area contributed by atoms with E-state index < -0.39 is 10.0 Å². The maximum Gasteiger partial charge on any atom is 0.243 e. The maximum atomic E-state index is 13.2. The number of hydrogen-bond donors (Lipinski definition) is 0. The molecule has 2 aromatic rings. The lowest BCUT2D eigenvalue weighted by Crippen LogP contribution is -2.49. The maximum absolute atomic E-state index is 13.2. The Morgan fingerprint density at radius 2 is 1.32 bits per heavy atom. The molecule has 2 aliphatic rings. The van der Waals surface area contributed by atoms with Crippen LogP contribution in [0.4, 0.5) is 0 Å². The highest BCUT2D eigenvalue weighted by atomic mass is 32.2. The zero-order valence-electron chi connectivity index (χ0n) is 18.4. The standard InChI is InChI=1S/C24H32N2O4S/c1-29-22-7-3-19(4-8-22)20-5-9-24(10-6-20)31(27,28)26-17-11-21(12-18-26)25-15-13-23(30-2)14-16-25/h3-10,21,23H,11-18H2,1-2H3. The first-order chi connectivity index (χ1) is 15.0. The SMILES string of the molecule is COc1ccc(-c2ccc(S(=O)(=O)N3CCC(N4CCC(OC)CC4)CC3)cc2)cc1. The van der Waals surface area contributed by atoms with Gasteiger partial charge in [0.2, 0.25) is 10.0 Å². The normalized spacial score (nSPS) is 20.1. The second-order valence-corrected chi connectivity index (χ2v) is 10.3. The molecule has 0 aromatic heterocycles. The summed E-state index contributed by atoms with van der Waals surface area (Å²) in [5.41, 5.74) is 2.02. The van der Waals surface area contributed by atoms with Gasteiger partial charge < -0.3 is 14.4 Å². The van der Waals surface area contributed by atoms with E-state index in [1.807, 2.05) is 36.4 Å². The average molecular weight is 445 g/mol. The minimum atomic E-state index is -3.46. The summed E-state index contributed by atoms with van der Waals surface area (Å²) in [6.45, 7) is 3.25. The van der Waals surface area contributed by atoms with Gasteiger partial charge in [0.25, 0.3) is 0 Å². The minimum Gasteiger partial charge on any atom is -0.497 e. The third-order valence-corrected chi connectivity index (χ3v) is 8.58. The highest BCUT2D eigenvalue weighted by Gasteiger charge is 2.33. The van der Waals surface area contributed by atoms with Gasteiger partial charge in [-0.05, 0) is 61.1 Å². The molecule has 0 bridgehead atoms.